The predicted octanol–water partition coefficient (Wildman–Crippen LogP) is 4.25. The first-order chi connectivity index (χ1) is 22.2. The van der Waals surface area contributed by atoms with Gasteiger partial charge in [-0.15, -0.1) is 0 Å². The Kier molecular flexibility index (Phi) is 8.26. The van der Waals surface area contributed by atoms with Crippen molar-refractivity contribution in [3.63, 3.8) is 0 Å². The van der Waals surface area contributed by atoms with Crippen LogP contribution in [-0.2, 0) is 29.7 Å². The first-order valence-electron chi connectivity index (χ1n) is 13.9. The SMILES string of the molecule is O=C(NCc1cc(-c2cn(S(=O)(=O)c3ccccc3)c3ncccc23)cc(CO)n1)c1cccn(Cc2ccc(F)c(F)c2)c1=O. The van der Waals surface area contributed by atoms with Gasteiger partial charge in [0.1, 0.15) is 5.56 Å². The number of carbonyl (C=O) groups excluding carboxylic acids is 1. The Hall–Kier alpha value is -5.53. The number of aromatic nitrogens is 4. The predicted molar refractivity (Wildman–Crippen MR) is 165 cm³/mol. The second-order valence-corrected chi connectivity index (χ2v) is 12.1. The molecule has 6 rings (SSSR count). The lowest BCUT2D eigenvalue weighted by Crippen LogP contribution is -2.33. The van der Waals surface area contributed by atoms with Gasteiger partial charge in [-0.25, -0.2) is 26.2 Å². The van der Waals surface area contributed by atoms with Crippen molar-refractivity contribution in [2.75, 3.05) is 0 Å². The van der Waals surface area contributed by atoms with E-state index in [0.717, 1.165) is 16.1 Å². The Morgan fingerprint density at radius 1 is 0.913 bits per heavy atom. The van der Waals surface area contributed by atoms with E-state index in [1.807, 2.05) is 0 Å². The van der Waals surface area contributed by atoms with Gasteiger partial charge in [0.05, 0.1) is 36.0 Å². The van der Waals surface area contributed by atoms with E-state index in [4.69, 9.17) is 0 Å². The fraction of sp³-hybridized carbons (Fsp3) is 0.0909. The molecule has 4 heterocycles. The zero-order chi connectivity index (χ0) is 32.4. The number of fused-ring (bicyclic) bond motifs is 1. The minimum atomic E-state index is -4.00. The molecule has 46 heavy (non-hydrogen) atoms. The maximum Gasteiger partial charge on any atom is 0.269 e. The van der Waals surface area contributed by atoms with E-state index in [-0.39, 0.29) is 34.9 Å². The number of benzene rings is 2. The highest BCUT2D eigenvalue weighted by Gasteiger charge is 2.23. The fourth-order valence-corrected chi connectivity index (χ4v) is 6.41. The molecule has 6 aromatic rings. The van der Waals surface area contributed by atoms with Gasteiger partial charge in [0, 0.05) is 29.5 Å². The molecule has 0 spiro atoms. The number of aliphatic hydroxyl groups is 1. The normalized spacial score (nSPS) is 11.5. The first-order valence-corrected chi connectivity index (χ1v) is 15.4. The molecule has 4 aromatic heterocycles. The van der Waals surface area contributed by atoms with Crippen LogP contribution < -0.4 is 10.9 Å². The number of pyridine rings is 3. The quantitative estimate of drug-likeness (QED) is 0.241. The van der Waals surface area contributed by atoms with E-state index in [0.29, 0.717) is 27.8 Å². The number of halogens is 2. The summed E-state index contributed by atoms with van der Waals surface area (Å²) in [7, 11) is -4.00. The lowest BCUT2D eigenvalue weighted by atomic mass is 10.0. The van der Waals surface area contributed by atoms with Crippen molar-refractivity contribution >= 4 is 27.0 Å². The number of rotatable bonds is 9. The summed E-state index contributed by atoms with van der Waals surface area (Å²) in [6.45, 7) is -0.638. The van der Waals surface area contributed by atoms with Crippen molar-refractivity contribution in [1.82, 2.24) is 23.8 Å². The van der Waals surface area contributed by atoms with Crippen LogP contribution in [0.1, 0.15) is 27.3 Å². The molecular formula is C33H25F2N5O5S. The van der Waals surface area contributed by atoms with Crippen molar-refractivity contribution in [3.05, 3.63) is 148 Å². The molecule has 232 valence electrons. The van der Waals surface area contributed by atoms with Gasteiger partial charge in [0.25, 0.3) is 21.5 Å². The van der Waals surface area contributed by atoms with E-state index in [9.17, 15) is 31.9 Å². The molecule has 0 atom stereocenters. The molecule has 10 nitrogen and oxygen atoms in total. The summed E-state index contributed by atoms with van der Waals surface area (Å²) in [5.74, 6) is -2.75. The summed E-state index contributed by atoms with van der Waals surface area (Å²) in [4.78, 5) is 34.9. The highest BCUT2D eigenvalue weighted by Crippen LogP contribution is 2.32. The maximum absolute atomic E-state index is 13.7. The van der Waals surface area contributed by atoms with Crippen molar-refractivity contribution in [1.29, 1.82) is 0 Å². The van der Waals surface area contributed by atoms with E-state index < -0.39 is 39.7 Å². The van der Waals surface area contributed by atoms with E-state index in [1.54, 1.807) is 42.5 Å². The van der Waals surface area contributed by atoms with Crippen LogP contribution >= 0.6 is 0 Å². The number of hydrogen-bond acceptors (Lipinski definition) is 7. The molecule has 0 saturated carbocycles. The second kappa shape index (κ2) is 12.5. The maximum atomic E-state index is 13.7. The molecule has 13 heteroatoms. The molecule has 0 fully saturated rings. The van der Waals surface area contributed by atoms with Crippen LogP contribution in [0.15, 0.2) is 113 Å². The zero-order valence-corrected chi connectivity index (χ0v) is 24.8. The standard InChI is InChI=1S/C33H25F2N5O5S/c34-29-11-10-21(14-30(29)35)18-39-13-5-9-27(33(39)43)32(42)37-17-23-15-22(16-24(20-41)38-23)28-19-40(31-26(28)8-4-12-36-31)46(44,45)25-6-2-1-3-7-25/h1-16,19,41H,17-18,20H2,(H,37,42). The van der Waals surface area contributed by atoms with Crippen LogP contribution in [0.3, 0.4) is 0 Å². The Morgan fingerprint density at radius 2 is 1.70 bits per heavy atom. The highest BCUT2D eigenvalue weighted by molar-refractivity contribution is 7.90. The molecule has 0 aliphatic rings. The topological polar surface area (TPSA) is 136 Å². The van der Waals surface area contributed by atoms with Crippen molar-refractivity contribution in [2.24, 2.45) is 0 Å². The number of carbonyl (C=O) groups is 1. The molecule has 0 radical (unpaired) electrons. The summed E-state index contributed by atoms with van der Waals surface area (Å²) < 4.78 is 56.4. The molecule has 0 unspecified atom stereocenters. The van der Waals surface area contributed by atoms with Crippen molar-refractivity contribution in [3.8, 4) is 11.1 Å². The molecular weight excluding hydrogens is 616 g/mol. The van der Waals surface area contributed by atoms with Gasteiger partial charge in [-0.2, -0.15) is 0 Å². The van der Waals surface area contributed by atoms with Crippen LogP contribution in [0, 0.1) is 11.6 Å². The van der Waals surface area contributed by atoms with Gasteiger partial charge >= 0.3 is 0 Å². The second-order valence-electron chi connectivity index (χ2n) is 10.3. The Labute approximate surface area is 261 Å². The number of amides is 1. The van der Waals surface area contributed by atoms with Crippen LogP contribution in [0.4, 0.5) is 8.78 Å². The van der Waals surface area contributed by atoms with Gasteiger partial charge < -0.3 is 15.0 Å². The van der Waals surface area contributed by atoms with Crippen LogP contribution in [0.25, 0.3) is 22.2 Å². The van der Waals surface area contributed by atoms with Crippen LogP contribution in [0.2, 0.25) is 0 Å². The van der Waals surface area contributed by atoms with E-state index in [2.05, 4.69) is 15.3 Å². The lowest BCUT2D eigenvalue weighted by molar-refractivity contribution is 0.0948. The van der Waals surface area contributed by atoms with Crippen molar-refractivity contribution < 1.29 is 27.1 Å². The fourth-order valence-electron chi connectivity index (χ4n) is 5.06. The van der Waals surface area contributed by atoms with Gasteiger partial charge in [0.15, 0.2) is 17.3 Å². The van der Waals surface area contributed by atoms with Crippen LogP contribution in [-0.4, -0.2) is 37.9 Å². The molecule has 0 aliphatic carbocycles. The van der Waals surface area contributed by atoms with Gasteiger partial charge in [0.2, 0.25) is 0 Å². The summed E-state index contributed by atoms with van der Waals surface area (Å²) in [6.07, 6.45) is 4.38. The average molecular weight is 642 g/mol. The van der Waals surface area contributed by atoms with Gasteiger partial charge in [-0.05, 0) is 71.8 Å². The zero-order valence-electron chi connectivity index (χ0n) is 24.0. The molecule has 2 aromatic carbocycles. The number of nitrogens with one attached hydrogen (secondary N) is 1. The summed E-state index contributed by atoms with van der Waals surface area (Å²) in [5, 5.41) is 13.2. The van der Waals surface area contributed by atoms with E-state index in [1.165, 1.54) is 53.5 Å². The highest BCUT2D eigenvalue weighted by atomic mass is 32.2. The Morgan fingerprint density at radius 3 is 2.46 bits per heavy atom. The van der Waals surface area contributed by atoms with Gasteiger partial charge in [-0.3, -0.25) is 14.6 Å². The largest absolute Gasteiger partial charge is 0.390 e. The first kappa shape index (κ1) is 30.5. The van der Waals surface area contributed by atoms with Gasteiger partial charge in [-0.1, -0.05) is 24.3 Å². The molecule has 0 bridgehead atoms. The third-order valence-electron chi connectivity index (χ3n) is 7.27. The monoisotopic (exact) mass is 641 g/mol. The van der Waals surface area contributed by atoms with E-state index >= 15 is 0 Å². The number of aliphatic hydroxyl groups excluding tert-OH is 1. The molecule has 1 amide bonds. The number of hydrogen-bond donors (Lipinski definition) is 2. The molecule has 0 aliphatic heterocycles. The Balaban J connectivity index is 1.29. The average Bonchev–Trinajstić information content (AvgIpc) is 3.47. The lowest BCUT2D eigenvalue weighted by Gasteiger charge is -2.11. The third-order valence-corrected chi connectivity index (χ3v) is 8.93. The Bertz CT molecular complexity index is 2270. The van der Waals surface area contributed by atoms with Crippen molar-refractivity contribution in [2.45, 2.75) is 24.6 Å². The summed E-state index contributed by atoms with van der Waals surface area (Å²) in [5.41, 5.74) is 1.37. The minimum absolute atomic E-state index is 0.0803. The number of nitrogens with zero attached hydrogens (tertiary/aromatic N) is 4. The minimum Gasteiger partial charge on any atom is -0.390 e. The van der Waals surface area contributed by atoms with Crippen LogP contribution in [0.5, 0.6) is 0 Å². The smallest absolute Gasteiger partial charge is 0.269 e. The third kappa shape index (κ3) is 5.93. The summed E-state index contributed by atoms with van der Waals surface area (Å²) in [6, 6.07) is 20.8. The molecule has 0 saturated heterocycles. The molecule has 2 N–H and O–H groups in total. The summed E-state index contributed by atoms with van der Waals surface area (Å²) >= 11 is 0.